The van der Waals surface area contributed by atoms with E-state index in [0.29, 0.717) is 18.9 Å². The lowest BCUT2D eigenvalue weighted by atomic mass is 9.75. The van der Waals surface area contributed by atoms with Crippen LogP contribution in [-0.2, 0) is 15.8 Å². The molecule has 1 aliphatic heterocycles. The van der Waals surface area contributed by atoms with Crippen molar-refractivity contribution in [2.45, 2.75) is 44.8 Å². The smallest absolute Gasteiger partial charge is 0.426 e. The third-order valence-corrected chi connectivity index (χ3v) is 4.76. The van der Waals surface area contributed by atoms with Crippen LogP contribution in [0.2, 0.25) is 0 Å². The number of alkyl halides is 3. The molecule has 1 aromatic rings. The molecule has 0 bridgehead atoms. The normalized spacial score (nSPS) is 17.4. The Morgan fingerprint density at radius 2 is 1.97 bits per heavy atom. The van der Waals surface area contributed by atoms with Crippen molar-refractivity contribution in [2.24, 2.45) is 5.92 Å². The number of rotatable bonds is 8. The zero-order valence-corrected chi connectivity index (χ0v) is 16.5. The van der Waals surface area contributed by atoms with Gasteiger partial charge < -0.3 is 25.6 Å². The number of nitrogens with zero attached hydrogens (tertiary/aromatic N) is 1. The van der Waals surface area contributed by atoms with Crippen molar-refractivity contribution >= 4 is 24.6 Å². The monoisotopic (exact) mass is 433 g/mol. The first-order valence-corrected chi connectivity index (χ1v) is 9.46. The van der Waals surface area contributed by atoms with Gasteiger partial charge in [-0.2, -0.15) is 13.2 Å². The second-order valence-corrected chi connectivity index (χ2v) is 7.60. The van der Waals surface area contributed by atoms with Crippen LogP contribution < -0.4 is 15.5 Å². The summed E-state index contributed by atoms with van der Waals surface area (Å²) in [5.74, 6) is -3.10. The molecule has 1 aliphatic rings. The molecule has 0 saturated carbocycles. The Kier molecular flexibility index (Phi) is 7.70. The number of anilines is 1. The number of carbonyl (C=O) groups excluding carboxylic acids is 2. The number of halogens is 4. The molecule has 0 aliphatic carbocycles. The Morgan fingerprint density at radius 1 is 1.30 bits per heavy atom. The molecule has 2 rings (SSSR count). The maximum atomic E-state index is 14.1. The van der Waals surface area contributed by atoms with E-state index in [1.165, 1.54) is 4.90 Å². The molecule has 30 heavy (non-hydrogen) atoms. The van der Waals surface area contributed by atoms with Gasteiger partial charge in [-0.1, -0.05) is 13.8 Å². The number of benzene rings is 1. The summed E-state index contributed by atoms with van der Waals surface area (Å²) >= 11 is 0. The van der Waals surface area contributed by atoms with Gasteiger partial charge in [0.05, 0.1) is 23.7 Å². The van der Waals surface area contributed by atoms with E-state index in [2.05, 4.69) is 10.6 Å². The van der Waals surface area contributed by atoms with Crippen LogP contribution in [0.3, 0.4) is 0 Å². The average Bonchev–Trinajstić information content (AvgIpc) is 2.58. The summed E-state index contributed by atoms with van der Waals surface area (Å²) in [6.45, 7) is 3.53. The molecule has 0 radical (unpaired) electrons. The van der Waals surface area contributed by atoms with Gasteiger partial charge in [0.25, 0.3) is 0 Å². The third-order valence-electron chi connectivity index (χ3n) is 4.76. The van der Waals surface area contributed by atoms with Gasteiger partial charge in [-0.15, -0.1) is 0 Å². The summed E-state index contributed by atoms with van der Waals surface area (Å²) in [7, 11) is -1.75. The second kappa shape index (κ2) is 9.65. The largest absolute Gasteiger partial charge is 0.475 e. The molecule has 4 N–H and O–H groups in total. The highest BCUT2D eigenvalue weighted by molar-refractivity contribution is 6.43. The minimum atomic E-state index is -4.67. The first kappa shape index (κ1) is 23.9. The van der Waals surface area contributed by atoms with Crippen LogP contribution in [0.4, 0.5) is 23.2 Å². The molecule has 2 amide bonds. The first-order chi connectivity index (χ1) is 13.9. The van der Waals surface area contributed by atoms with Crippen LogP contribution in [0.15, 0.2) is 18.2 Å². The van der Waals surface area contributed by atoms with Gasteiger partial charge in [0, 0.05) is 6.54 Å². The van der Waals surface area contributed by atoms with Gasteiger partial charge >= 0.3 is 13.3 Å². The number of hydrogen-bond acceptors (Lipinski definition) is 5. The fourth-order valence-electron chi connectivity index (χ4n) is 3.17. The molecular weight excluding hydrogens is 409 g/mol. The van der Waals surface area contributed by atoms with Crippen LogP contribution in [0, 0.1) is 11.7 Å². The number of hydrogen-bond donors (Lipinski definition) is 4. The van der Waals surface area contributed by atoms with E-state index in [0.717, 1.165) is 12.1 Å². The topological polar surface area (TPSA) is 102 Å². The molecule has 2 atom stereocenters. The molecule has 0 aromatic heterocycles. The summed E-state index contributed by atoms with van der Waals surface area (Å²) in [6, 6.07) is 1.28. The number of amides is 2. The predicted molar refractivity (Wildman–Crippen MR) is 102 cm³/mol. The summed E-state index contributed by atoms with van der Waals surface area (Å²) in [5.41, 5.74) is -1.25. The molecule has 0 spiro atoms. The van der Waals surface area contributed by atoms with Gasteiger partial charge in [-0.25, -0.2) is 4.39 Å². The van der Waals surface area contributed by atoms with E-state index >= 15 is 0 Å². The fraction of sp³-hybridized carbons (Fsp3) is 0.556. The lowest BCUT2D eigenvalue weighted by Gasteiger charge is -2.41. The van der Waals surface area contributed by atoms with E-state index in [-0.39, 0.29) is 18.2 Å². The Bertz CT molecular complexity index is 776. The maximum Gasteiger partial charge on any atom is 0.475 e. The van der Waals surface area contributed by atoms with Crippen LogP contribution >= 0.6 is 0 Å². The standard InChI is InChI=1S/C18H24BF4N3O4/c1-10(2)7-15(19(29)30)25-16(27)9-24-17(28)14-5-6-26(14)13-4-3-11(8-12(13)20)18(21,22)23/h3-4,8,10,14-15,29-30H,5-7,9H2,1-2H3,(H,24,28)(H,25,27)/t14-,15-/m0/s1. The molecule has 7 nitrogen and oxygen atoms in total. The van der Waals surface area contributed by atoms with E-state index in [9.17, 15) is 37.2 Å². The lowest BCUT2D eigenvalue weighted by Crippen LogP contribution is -2.58. The minimum absolute atomic E-state index is 0.0915. The van der Waals surface area contributed by atoms with Crippen molar-refractivity contribution < 1.29 is 37.2 Å². The van der Waals surface area contributed by atoms with Crippen LogP contribution in [0.25, 0.3) is 0 Å². The fourth-order valence-corrected chi connectivity index (χ4v) is 3.17. The maximum absolute atomic E-state index is 14.1. The number of nitrogens with one attached hydrogen (secondary N) is 2. The van der Waals surface area contributed by atoms with Crippen molar-refractivity contribution in [3.8, 4) is 0 Å². The van der Waals surface area contributed by atoms with Crippen molar-refractivity contribution in [1.82, 2.24) is 10.6 Å². The lowest BCUT2D eigenvalue weighted by molar-refractivity contribution is -0.137. The van der Waals surface area contributed by atoms with Crippen molar-refractivity contribution in [2.75, 3.05) is 18.0 Å². The Balaban J connectivity index is 1.93. The minimum Gasteiger partial charge on any atom is -0.426 e. The Labute approximate surface area is 171 Å². The molecule has 1 saturated heterocycles. The van der Waals surface area contributed by atoms with E-state index in [1.54, 1.807) is 0 Å². The van der Waals surface area contributed by atoms with Crippen molar-refractivity contribution in [3.05, 3.63) is 29.6 Å². The Hall–Kier alpha value is -2.34. The quantitative estimate of drug-likeness (QED) is 0.363. The molecule has 0 unspecified atom stereocenters. The molecular formula is C18H24BF4N3O4. The average molecular weight is 433 g/mol. The Morgan fingerprint density at radius 3 is 2.43 bits per heavy atom. The van der Waals surface area contributed by atoms with Gasteiger partial charge in [-0.05, 0) is 37.0 Å². The third kappa shape index (κ3) is 6.08. The summed E-state index contributed by atoms with van der Waals surface area (Å²) in [5, 5.41) is 23.4. The molecule has 1 heterocycles. The van der Waals surface area contributed by atoms with Gasteiger partial charge in [0.2, 0.25) is 11.8 Å². The highest BCUT2D eigenvalue weighted by Crippen LogP contribution is 2.34. The zero-order chi connectivity index (χ0) is 22.6. The van der Waals surface area contributed by atoms with Gasteiger partial charge in [-0.3, -0.25) is 9.59 Å². The highest BCUT2D eigenvalue weighted by atomic mass is 19.4. The van der Waals surface area contributed by atoms with Crippen LogP contribution in [-0.4, -0.2) is 54.1 Å². The zero-order valence-electron chi connectivity index (χ0n) is 16.5. The number of carbonyl (C=O) groups is 2. The van der Waals surface area contributed by atoms with Gasteiger partial charge in [0.15, 0.2) is 0 Å². The SMILES string of the molecule is CC(C)C[C@H](NC(=O)CNC(=O)[C@@H]1CCN1c1ccc(C(F)(F)F)cc1F)B(O)O. The van der Waals surface area contributed by atoms with Crippen molar-refractivity contribution in [1.29, 1.82) is 0 Å². The first-order valence-electron chi connectivity index (χ1n) is 9.46. The predicted octanol–water partition coefficient (Wildman–Crippen LogP) is 1.08. The van der Waals surface area contributed by atoms with Gasteiger partial charge in [0.1, 0.15) is 11.9 Å². The molecule has 1 fully saturated rings. The van der Waals surface area contributed by atoms with E-state index < -0.39 is 55.0 Å². The summed E-state index contributed by atoms with van der Waals surface area (Å²) in [6.07, 6.45) is -4.01. The van der Waals surface area contributed by atoms with Crippen LogP contribution in [0.1, 0.15) is 32.3 Å². The van der Waals surface area contributed by atoms with E-state index in [1.807, 2.05) is 13.8 Å². The summed E-state index contributed by atoms with van der Waals surface area (Å²) in [4.78, 5) is 25.6. The highest BCUT2D eigenvalue weighted by Gasteiger charge is 2.37. The van der Waals surface area contributed by atoms with E-state index in [4.69, 9.17) is 0 Å². The van der Waals surface area contributed by atoms with Crippen LogP contribution in [0.5, 0.6) is 0 Å². The summed E-state index contributed by atoms with van der Waals surface area (Å²) < 4.78 is 52.2. The van der Waals surface area contributed by atoms with Crippen molar-refractivity contribution in [3.63, 3.8) is 0 Å². The molecule has 166 valence electrons. The molecule has 12 heteroatoms. The second-order valence-electron chi connectivity index (χ2n) is 7.60. The molecule has 1 aromatic carbocycles.